The molecule has 0 bridgehead atoms. The van der Waals surface area contributed by atoms with Gasteiger partial charge in [0.15, 0.2) is 0 Å². The molecule has 0 saturated carbocycles. The quantitative estimate of drug-likeness (QED) is 0.785. The molecule has 4 rings (SSSR count). The van der Waals surface area contributed by atoms with Crippen LogP contribution in [-0.4, -0.2) is 61.4 Å². The molecule has 1 aliphatic heterocycles. The predicted octanol–water partition coefficient (Wildman–Crippen LogP) is 1.55. The number of carbonyl (C=O) groups excluding carboxylic acids is 1. The number of hydrogen-bond donors (Lipinski definition) is 1. The van der Waals surface area contributed by atoms with Gasteiger partial charge in [-0.05, 0) is 18.2 Å². The molecule has 3 aromatic heterocycles. The van der Waals surface area contributed by atoms with Crippen LogP contribution in [0.15, 0.2) is 55.4 Å². The van der Waals surface area contributed by atoms with Crippen LogP contribution in [0.3, 0.4) is 0 Å². The molecule has 0 radical (unpaired) electrons. The first-order valence-corrected chi connectivity index (χ1v) is 8.38. The van der Waals surface area contributed by atoms with Crippen LogP contribution < -0.4 is 0 Å². The number of imidazole rings is 1. The summed E-state index contributed by atoms with van der Waals surface area (Å²) in [5, 5.41) is 0. The summed E-state index contributed by atoms with van der Waals surface area (Å²) in [6, 6.07) is 5.80. The Bertz CT molecular complexity index is 819. The Kier molecular flexibility index (Phi) is 4.30. The van der Waals surface area contributed by atoms with Gasteiger partial charge in [0.2, 0.25) is 0 Å². The first kappa shape index (κ1) is 15.6. The minimum Gasteiger partial charge on any atom is -0.348 e. The highest BCUT2D eigenvalue weighted by molar-refractivity contribution is 5.94. The average Bonchev–Trinajstić information content (AvgIpc) is 3.36. The van der Waals surface area contributed by atoms with Gasteiger partial charge in [-0.1, -0.05) is 0 Å². The van der Waals surface area contributed by atoms with Crippen LogP contribution in [0.5, 0.6) is 0 Å². The lowest BCUT2D eigenvalue weighted by molar-refractivity contribution is 0.0625. The van der Waals surface area contributed by atoms with Gasteiger partial charge in [0.1, 0.15) is 5.82 Å². The summed E-state index contributed by atoms with van der Waals surface area (Å²) in [7, 11) is 0. The Labute approximate surface area is 145 Å². The number of H-pyrrole nitrogens is 1. The van der Waals surface area contributed by atoms with Crippen molar-refractivity contribution < 1.29 is 4.79 Å². The van der Waals surface area contributed by atoms with E-state index < -0.39 is 0 Å². The number of nitrogens with one attached hydrogen (secondary N) is 1. The summed E-state index contributed by atoms with van der Waals surface area (Å²) < 4.78 is 1.95. The molecule has 1 saturated heterocycles. The van der Waals surface area contributed by atoms with Crippen LogP contribution in [0.4, 0.5) is 0 Å². The fraction of sp³-hybridized carbons (Fsp3) is 0.278. The smallest absolute Gasteiger partial charge is 0.255 e. The minimum atomic E-state index is 0.0409. The zero-order valence-electron chi connectivity index (χ0n) is 13.9. The van der Waals surface area contributed by atoms with Gasteiger partial charge in [-0.3, -0.25) is 14.7 Å². The second-order valence-corrected chi connectivity index (χ2v) is 6.13. The number of aromatic nitrogens is 4. The lowest BCUT2D eigenvalue weighted by Crippen LogP contribution is -2.48. The maximum Gasteiger partial charge on any atom is 0.255 e. The highest BCUT2D eigenvalue weighted by Gasteiger charge is 2.23. The number of aromatic amines is 1. The fourth-order valence-electron chi connectivity index (χ4n) is 3.08. The van der Waals surface area contributed by atoms with E-state index in [-0.39, 0.29) is 5.91 Å². The summed E-state index contributed by atoms with van der Waals surface area (Å²) in [6.07, 6.45) is 10.9. The topological polar surface area (TPSA) is 70.1 Å². The third-order valence-electron chi connectivity index (χ3n) is 4.46. The maximum absolute atomic E-state index is 12.8. The number of hydrogen-bond acceptors (Lipinski definition) is 4. The van der Waals surface area contributed by atoms with Crippen molar-refractivity contribution in [3.05, 3.63) is 66.8 Å². The van der Waals surface area contributed by atoms with E-state index in [0.717, 1.165) is 31.1 Å². The Morgan fingerprint density at radius 2 is 1.92 bits per heavy atom. The van der Waals surface area contributed by atoms with Crippen molar-refractivity contribution in [1.82, 2.24) is 29.3 Å². The van der Waals surface area contributed by atoms with Crippen LogP contribution in [0.25, 0.3) is 5.69 Å². The van der Waals surface area contributed by atoms with Gasteiger partial charge in [0.25, 0.3) is 5.91 Å². The van der Waals surface area contributed by atoms with Gasteiger partial charge in [-0.25, -0.2) is 4.98 Å². The number of carbonyl (C=O) groups is 1. The summed E-state index contributed by atoms with van der Waals surface area (Å²) in [5.41, 5.74) is 1.53. The minimum absolute atomic E-state index is 0.0409. The number of piperazine rings is 1. The molecular weight excluding hydrogens is 316 g/mol. The van der Waals surface area contributed by atoms with E-state index >= 15 is 0 Å². The second kappa shape index (κ2) is 6.90. The monoisotopic (exact) mass is 336 g/mol. The van der Waals surface area contributed by atoms with Crippen molar-refractivity contribution in [3.63, 3.8) is 0 Å². The Morgan fingerprint density at radius 1 is 1.12 bits per heavy atom. The van der Waals surface area contributed by atoms with Gasteiger partial charge in [0, 0.05) is 57.2 Å². The van der Waals surface area contributed by atoms with E-state index in [1.54, 1.807) is 18.6 Å². The van der Waals surface area contributed by atoms with Gasteiger partial charge < -0.3 is 14.5 Å². The predicted molar refractivity (Wildman–Crippen MR) is 93.3 cm³/mol. The Balaban J connectivity index is 1.40. The molecular formula is C18H20N6O. The molecule has 0 aromatic carbocycles. The van der Waals surface area contributed by atoms with Crippen molar-refractivity contribution >= 4 is 5.91 Å². The fourth-order valence-corrected chi connectivity index (χ4v) is 3.08. The third-order valence-corrected chi connectivity index (χ3v) is 4.46. The van der Waals surface area contributed by atoms with E-state index in [2.05, 4.69) is 19.9 Å². The number of nitrogens with zero attached hydrogens (tertiary/aromatic N) is 5. The largest absolute Gasteiger partial charge is 0.348 e. The molecule has 0 unspecified atom stereocenters. The zero-order valence-corrected chi connectivity index (χ0v) is 13.9. The van der Waals surface area contributed by atoms with Crippen LogP contribution in [0, 0.1) is 0 Å². The van der Waals surface area contributed by atoms with Crippen molar-refractivity contribution in [3.8, 4) is 5.69 Å². The van der Waals surface area contributed by atoms with Crippen molar-refractivity contribution in [2.24, 2.45) is 0 Å². The van der Waals surface area contributed by atoms with Gasteiger partial charge in [-0.2, -0.15) is 0 Å². The van der Waals surface area contributed by atoms with E-state index in [1.807, 2.05) is 46.3 Å². The Hall–Kier alpha value is -2.93. The molecule has 3 aromatic rings. The SMILES string of the molecule is O=C(c1cncc(-n2cccc2)c1)N1CCN(Cc2ncc[nH]2)CC1. The van der Waals surface area contributed by atoms with E-state index in [0.29, 0.717) is 18.7 Å². The normalized spacial score (nSPS) is 15.4. The van der Waals surface area contributed by atoms with Crippen molar-refractivity contribution in [2.75, 3.05) is 26.2 Å². The summed E-state index contributed by atoms with van der Waals surface area (Å²) >= 11 is 0. The number of rotatable bonds is 4. The molecule has 0 aliphatic carbocycles. The van der Waals surface area contributed by atoms with Crippen molar-refractivity contribution in [1.29, 1.82) is 0 Å². The Morgan fingerprint density at radius 3 is 2.64 bits per heavy atom. The summed E-state index contributed by atoms with van der Waals surface area (Å²) in [5.74, 6) is 1.00. The van der Waals surface area contributed by atoms with Gasteiger partial charge >= 0.3 is 0 Å². The molecule has 1 fully saturated rings. The summed E-state index contributed by atoms with van der Waals surface area (Å²) in [6.45, 7) is 3.91. The first-order chi connectivity index (χ1) is 12.3. The van der Waals surface area contributed by atoms with Crippen LogP contribution >= 0.6 is 0 Å². The second-order valence-electron chi connectivity index (χ2n) is 6.13. The van der Waals surface area contributed by atoms with E-state index in [1.165, 1.54) is 0 Å². The van der Waals surface area contributed by atoms with Crippen LogP contribution in [0.1, 0.15) is 16.2 Å². The molecule has 1 N–H and O–H groups in total. The van der Waals surface area contributed by atoms with E-state index in [4.69, 9.17) is 0 Å². The van der Waals surface area contributed by atoms with E-state index in [9.17, 15) is 4.79 Å². The molecule has 7 nitrogen and oxygen atoms in total. The van der Waals surface area contributed by atoms with Gasteiger partial charge in [-0.15, -0.1) is 0 Å². The zero-order chi connectivity index (χ0) is 17.1. The molecule has 1 amide bonds. The number of amides is 1. The van der Waals surface area contributed by atoms with Gasteiger partial charge in [0.05, 0.1) is 24.0 Å². The molecule has 25 heavy (non-hydrogen) atoms. The molecule has 0 spiro atoms. The summed E-state index contributed by atoms with van der Waals surface area (Å²) in [4.78, 5) is 28.6. The first-order valence-electron chi connectivity index (χ1n) is 8.38. The van der Waals surface area contributed by atoms with Crippen LogP contribution in [-0.2, 0) is 6.54 Å². The third kappa shape index (κ3) is 3.46. The highest BCUT2D eigenvalue weighted by atomic mass is 16.2. The standard InChI is InChI=1S/C18H20N6O/c25-18(15-11-16(13-19-12-15)23-5-1-2-6-23)24-9-7-22(8-10-24)14-17-20-3-4-21-17/h1-6,11-13H,7-10,14H2,(H,20,21). The van der Waals surface area contributed by atoms with Crippen LogP contribution in [0.2, 0.25) is 0 Å². The molecule has 4 heterocycles. The van der Waals surface area contributed by atoms with Crippen molar-refractivity contribution in [2.45, 2.75) is 6.54 Å². The molecule has 1 aliphatic rings. The highest BCUT2D eigenvalue weighted by Crippen LogP contribution is 2.13. The molecule has 0 atom stereocenters. The lowest BCUT2D eigenvalue weighted by Gasteiger charge is -2.34. The average molecular weight is 336 g/mol. The molecule has 7 heteroatoms. The number of pyridine rings is 1. The molecule has 128 valence electrons. The maximum atomic E-state index is 12.8. The lowest BCUT2D eigenvalue weighted by atomic mass is 10.2.